The molecule has 0 amide bonds. The molecule has 1 aliphatic heterocycles. The third-order valence-electron chi connectivity index (χ3n) is 4.62. The average molecular weight is 307 g/mol. The molecule has 1 saturated heterocycles. The van der Waals surface area contributed by atoms with Crippen LogP contribution < -0.4 is 4.90 Å². The Balaban J connectivity index is 1.93. The molecule has 1 N–H and O–H groups in total. The number of hydrogen-bond acceptors (Lipinski definition) is 4. The first-order valence-corrected chi connectivity index (χ1v) is 8.35. The highest BCUT2D eigenvalue weighted by Gasteiger charge is 2.20. The van der Waals surface area contributed by atoms with Gasteiger partial charge in [0.2, 0.25) is 0 Å². The Bertz CT molecular complexity index is 817. The normalized spacial score (nSPS) is 18.2. The maximum atomic E-state index is 10.2. The van der Waals surface area contributed by atoms with E-state index in [9.17, 15) is 5.11 Å². The highest BCUT2D eigenvalue weighted by atomic mass is 16.3. The predicted octanol–water partition coefficient (Wildman–Crippen LogP) is 4.16. The fourth-order valence-corrected chi connectivity index (χ4v) is 3.37. The summed E-state index contributed by atoms with van der Waals surface area (Å²) >= 11 is 0. The molecule has 4 heteroatoms. The van der Waals surface area contributed by atoms with Crippen LogP contribution in [0, 0.1) is 6.92 Å². The molecule has 4 rings (SSSR count). The molecular weight excluding hydrogens is 286 g/mol. The predicted molar refractivity (Wildman–Crippen MR) is 93.6 cm³/mol. The van der Waals surface area contributed by atoms with Gasteiger partial charge in [-0.2, -0.15) is 0 Å². The molecule has 2 aliphatic rings. The Labute approximate surface area is 136 Å². The minimum absolute atomic E-state index is 0.395. The van der Waals surface area contributed by atoms with Crippen molar-refractivity contribution in [2.24, 2.45) is 0 Å². The van der Waals surface area contributed by atoms with Crippen molar-refractivity contribution in [3.63, 3.8) is 0 Å². The van der Waals surface area contributed by atoms with Crippen molar-refractivity contribution in [3.8, 4) is 0 Å². The van der Waals surface area contributed by atoms with E-state index in [1.165, 1.54) is 18.4 Å². The van der Waals surface area contributed by atoms with E-state index in [0.717, 1.165) is 41.8 Å². The van der Waals surface area contributed by atoms with Gasteiger partial charge >= 0.3 is 0 Å². The van der Waals surface area contributed by atoms with Crippen molar-refractivity contribution in [2.45, 2.75) is 32.6 Å². The van der Waals surface area contributed by atoms with E-state index in [1.54, 1.807) is 0 Å². The zero-order valence-electron chi connectivity index (χ0n) is 13.4. The van der Waals surface area contributed by atoms with Gasteiger partial charge in [-0.15, -0.1) is 0 Å². The molecule has 0 radical (unpaired) electrons. The molecular formula is C19H21N3O. The Hall–Kier alpha value is -2.36. The number of rotatable bonds is 2. The van der Waals surface area contributed by atoms with E-state index in [-0.39, 0.29) is 0 Å². The zero-order valence-corrected chi connectivity index (χ0v) is 13.4. The fourth-order valence-electron chi connectivity index (χ4n) is 3.37. The fraction of sp³-hybridized carbons (Fsp3) is 0.368. The molecule has 1 aromatic heterocycles. The smallest absolute Gasteiger partial charge is 0.165 e. The third-order valence-corrected chi connectivity index (χ3v) is 4.62. The first-order chi connectivity index (χ1) is 11.2. The lowest BCUT2D eigenvalue weighted by Crippen LogP contribution is -2.20. The summed E-state index contributed by atoms with van der Waals surface area (Å²) in [7, 11) is 0. The Morgan fingerprint density at radius 1 is 1.13 bits per heavy atom. The first kappa shape index (κ1) is 14.2. The maximum absolute atomic E-state index is 10.2. The van der Waals surface area contributed by atoms with Crippen LogP contribution >= 0.6 is 0 Å². The van der Waals surface area contributed by atoms with Crippen LogP contribution in [0.3, 0.4) is 0 Å². The highest BCUT2D eigenvalue weighted by Crippen LogP contribution is 2.31. The van der Waals surface area contributed by atoms with E-state index in [1.807, 2.05) is 6.08 Å². The Kier molecular flexibility index (Phi) is 3.52. The molecule has 0 unspecified atom stereocenters. The topological polar surface area (TPSA) is 49.2 Å². The minimum Gasteiger partial charge on any atom is -0.512 e. The lowest BCUT2D eigenvalue weighted by atomic mass is 10.0. The van der Waals surface area contributed by atoms with Gasteiger partial charge in [-0.05, 0) is 43.9 Å². The van der Waals surface area contributed by atoms with Gasteiger partial charge in [0.05, 0.1) is 11.1 Å². The van der Waals surface area contributed by atoms with Gasteiger partial charge in [-0.25, -0.2) is 9.97 Å². The molecule has 2 aromatic rings. The molecule has 0 saturated carbocycles. The number of nitrogens with zero attached hydrogens (tertiary/aromatic N) is 3. The van der Waals surface area contributed by atoms with Gasteiger partial charge in [-0.1, -0.05) is 18.2 Å². The number of hydrogen-bond donors (Lipinski definition) is 1. The minimum atomic E-state index is 0.395. The van der Waals surface area contributed by atoms with Gasteiger partial charge in [0.1, 0.15) is 11.6 Å². The van der Waals surface area contributed by atoms with Crippen molar-refractivity contribution in [1.29, 1.82) is 0 Å². The molecule has 1 aromatic carbocycles. The van der Waals surface area contributed by atoms with Crippen molar-refractivity contribution in [1.82, 2.24) is 9.97 Å². The second kappa shape index (κ2) is 5.69. The summed E-state index contributed by atoms with van der Waals surface area (Å²) < 4.78 is 0. The zero-order chi connectivity index (χ0) is 15.8. The van der Waals surface area contributed by atoms with E-state index in [0.29, 0.717) is 18.0 Å². The first-order valence-electron chi connectivity index (χ1n) is 8.35. The quantitative estimate of drug-likeness (QED) is 0.905. The van der Waals surface area contributed by atoms with E-state index < -0.39 is 0 Å². The van der Waals surface area contributed by atoms with Gasteiger partial charge in [0.25, 0.3) is 0 Å². The Morgan fingerprint density at radius 3 is 2.74 bits per heavy atom. The van der Waals surface area contributed by atoms with Crippen LogP contribution in [0.2, 0.25) is 0 Å². The van der Waals surface area contributed by atoms with Crippen molar-refractivity contribution >= 4 is 22.3 Å². The van der Waals surface area contributed by atoms with Crippen LogP contribution in [0.4, 0.5) is 5.82 Å². The van der Waals surface area contributed by atoms with E-state index >= 15 is 0 Å². The Morgan fingerprint density at radius 2 is 1.96 bits per heavy atom. The van der Waals surface area contributed by atoms with Crippen LogP contribution in [-0.4, -0.2) is 28.2 Å². The molecule has 1 aliphatic carbocycles. The molecule has 0 bridgehead atoms. The van der Waals surface area contributed by atoms with Crippen LogP contribution in [-0.2, 0) is 0 Å². The number of benzene rings is 1. The molecule has 23 heavy (non-hydrogen) atoms. The molecule has 4 nitrogen and oxygen atoms in total. The van der Waals surface area contributed by atoms with Gasteiger partial charge < -0.3 is 10.0 Å². The number of aliphatic hydroxyl groups excluding tert-OH is 1. The van der Waals surface area contributed by atoms with Crippen molar-refractivity contribution in [3.05, 3.63) is 47.5 Å². The number of aliphatic hydroxyl groups is 1. The summed E-state index contributed by atoms with van der Waals surface area (Å²) in [4.78, 5) is 11.9. The summed E-state index contributed by atoms with van der Waals surface area (Å²) in [5, 5.41) is 11.3. The molecule has 2 heterocycles. The average Bonchev–Trinajstić information content (AvgIpc) is 3.08. The van der Waals surface area contributed by atoms with Crippen molar-refractivity contribution < 1.29 is 5.11 Å². The van der Waals surface area contributed by atoms with Crippen molar-refractivity contribution in [2.75, 3.05) is 18.0 Å². The second-order valence-electron chi connectivity index (χ2n) is 6.39. The summed E-state index contributed by atoms with van der Waals surface area (Å²) in [6.45, 7) is 4.16. The maximum Gasteiger partial charge on any atom is 0.165 e. The van der Waals surface area contributed by atoms with E-state index in [2.05, 4.69) is 36.1 Å². The van der Waals surface area contributed by atoms with E-state index in [4.69, 9.17) is 9.97 Å². The standard InChI is InChI=1S/C19H21N3O/c1-13-8-9-14-16(12-13)20-18(15-6-2-3-7-17(15)23)21-19(14)22-10-4-5-11-22/h2,6,8-9,12,23H,3-5,7,10-11H2,1H3. The molecule has 0 spiro atoms. The SMILES string of the molecule is Cc1ccc2c(N3CCCC3)nc(C3=C(O)CCC=C3)nc2c1. The number of aryl methyl sites for hydroxylation is 1. The summed E-state index contributed by atoms with van der Waals surface area (Å²) in [6, 6.07) is 6.33. The van der Waals surface area contributed by atoms with Crippen LogP contribution in [0.15, 0.2) is 36.1 Å². The van der Waals surface area contributed by atoms with Gasteiger partial charge in [0.15, 0.2) is 5.82 Å². The van der Waals surface area contributed by atoms with Gasteiger partial charge in [0, 0.05) is 24.9 Å². The number of aromatic nitrogens is 2. The lowest BCUT2D eigenvalue weighted by Gasteiger charge is -2.20. The molecule has 118 valence electrons. The highest BCUT2D eigenvalue weighted by molar-refractivity contribution is 5.92. The summed E-state index contributed by atoms with van der Waals surface area (Å²) in [5.74, 6) is 2.03. The van der Waals surface area contributed by atoms with Gasteiger partial charge in [-0.3, -0.25) is 0 Å². The number of allylic oxidation sites excluding steroid dienone is 4. The lowest BCUT2D eigenvalue weighted by molar-refractivity contribution is 0.391. The largest absolute Gasteiger partial charge is 0.512 e. The summed E-state index contributed by atoms with van der Waals surface area (Å²) in [6.07, 6.45) is 7.99. The summed E-state index contributed by atoms with van der Waals surface area (Å²) in [5.41, 5.74) is 2.91. The van der Waals surface area contributed by atoms with Crippen LogP contribution in [0.25, 0.3) is 16.5 Å². The van der Waals surface area contributed by atoms with Crippen LogP contribution in [0.5, 0.6) is 0 Å². The second-order valence-corrected chi connectivity index (χ2v) is 6.39. The van der Waals surface area contributed by atoms with Crippen LogP contribution in [0.1, 0.15) is 37.1 Å². The number of anilines is 1. The number of fused-ring (bicyclic) bond motifs is 1. The molecule has 0 atom stereocenters. The monoisotopic (exact) mass is 307 g/mol. The molecule has 1 fully saturated rings. The third kappa shape index (κ3) is 2.58.